The van der Waals surface area contributed by atoms with E-state index in [0.717, 1.165) is 25.7 Å². The highest BCUT2D eigenvalue weighted by Crippen LogP contribution is 2.25. The molecule has 0 aromatic heterocycles. The predicted octanol–water partition coefficient (Wildman–Crippen LogP) is 2.46. The zero-order valence-electron chi connectivity index (χ0n) is 12.2. The van der Waals surface area contributed by atoms with Gasteiger partial charge in [0.1, 0.15) is 0 Å². The molecule has 5 heteroatoms. The summed E-state index contributed by atoms with van der Waals surface area (Å²) in [7, 11) is 0. The normalized spacial score (nSPS) is 23.2. The molecule has 19 heavy (non-hydrogen) atoms. The fraction of sp³-hybridized carbons (Fsp3) is 0.857. The Balaban J connectivity index is 2.64. The van der Waals surface area contributed by atoms with Gasteiger partial charge in [-0.15, -0.1) is 0 Å². The van der Waals surface area contributed by atoms with Gasteiger partial charge in [0.05, 0.1) is 5.92 Å². The molecule has 2 unspecified atom stereocenters. The van der Waals surface area contributed by atoms with Crippen molar-refractivity contribution in [1.82, 2.24) is 10.2 Å². The Morgan fingerprint density at radius 1 is 1.32 bits per heavy atom. The van der Waals surface area contributed by atoms with Gasteiger partial charge >= 0.3 is 12.0 Å². The van der Waals surface area contributed by atoms with Crippen molar-refractivity contribution in [3.63, 3.8) is 0 Å². The molecule has 1 saturated carbocycles. The van der Waals surface area contributed by atoms with Crippen LogP contribution >= 0.6 is 0 Å². The molecule has 2 N–H and O–H groups in total. The predicted molar refractivity (Wildman–Crippen MR) is 74.0 cm³/mol. The summed E-state index contributed by atoms with van der Waals surface area (Å²) in [5, 5.41) is 12.1. The van der Waals surface area contributed by atoms with Crippen LogP contribution in [-0.2, 0) is 4.79 Å². The van der Waals surface area contributed by atoms with Crippen LogP contribution < -0.4 is 5.32 Å². The van der Waals surface area contributed by atoms with Crippen molar-refractivity contribution in [2.75, 3.05) is 6.54 Å². The maximum atomic E-state index is 12.2. The number of amides is 2. The highest BCUT2D eigenvalue weighted by Gasteiger charge is 2.32. The lowest BCUT2D eigenvalue weighted by molar-refractivity contribution is -0.143. The molecule has 1 aliphatic carbocycles. The zero-order valence-corrected chi connectivity index (χ0v) is 12.2. The van der Waals surface area contributed by atoms with E-state index in [2.05, 4.69) is 5.32 Å². The van der Waals surface area contributed by atoms with Crippen LogP contribution in [0.2, 0.25) is 0 Å². The zero-order chi connectivity index (χ0) is 14.4. The average molecular weight is 270 g/mol. The largest absolute Gasteiger partial charge is 0.481 e. The highest BCUT2D eigenvalue weighted by molar-refractivity contribution is 5.77. The van der Waals surface area contributed by atoms with E-state index in [0.29, 0.717) is 13.0 Å². The summed E-state index contributed by atoms with van der Waals surface area (Å²) in [6.07, 6.45) is 4.26. The Labute approximate surface area is 115 Å². The van der Waals surface area contributed by atoms with E-state index in [1.165, 1.54) is 0 Å². The lowest BCUT2D eigenvalue weighted by Gasteiger charge is -2.33. The molecule has 1 rings (SSSR count). The molecule has 0 spiro atoms. The second kappa shape index (κ2) is 7.36. The van der Waals surface area contributed by atoms with Crippen molar-refractivity contribution in [2.24, 2.45) is 5.92 Å². The molecular formula is C14H26N2O3. The number of rotatable bonds is 5. The van der Waals surface area contributed by atoms with Crippen molar-refractivity contribution in [2.45, 2.75) is 65.0 Å². The van der Waals surface area contributed by atoms with E-state index in [9.17, 15) is 14.7 Å². The quantitative estimate of drug-likeness (QED) is 0.806. The van der Waals surface area contributed by atoms with Gasteiger partial charge in [-0.05, 0) is 33.1 Å². The van der Waals surface area contributed by atoms with Crippen LogP contribution in [-0.4, -0.2) is 40.6 Å². The first-order chi connectivity index (χ1) is 8.97. The van der Waals surface area contributed by atoms with E-state index in [1.807, 2.05) is 20.8 Å². The number of hydrogen-bond acceptors (Lipinski definition) is 2. The summed E-state index contributed by atoms with van der Waals surface area (Å²) < 4.78 is 0. The number of carboxylic acids is 1. The lowest BCUT2D eigenvalue weighted by Crippen LogP contribution is -2.52. The first-order valence-corrected chi connectivity index (χ1v) is 7.27. The molecule has 2 atom stereocenters. The minimum atomic E-state index is -0.795. The maximum absolute atomic E-state index is 12.2. The number of carboxylic acid groups (broad SMARTS) is 1. The number of nitrogens with zero attached hydrogens (tertiary/aromatic N) is 1. The summed E-state index contributed by atoms with van der Waals surface area (Å²) in [4.78, 5) is 25.2. The van der Waals surface area contributed by atoms with Gasteiger partial charge in [-0.25, -0.2) is 4.79 Å². The summed E-state index contributed by atoms with van der Waals surface area (Å²) in [6, 6.07) is -0.223. The molecule has 0 heterocycles. The Morgan fingerprint density at radius 3 is 2.47 bits per heavy atom. The van der Waals surface area contributed by atoms with Crippen LogP contribution in [0.25, 0.3) is 0 Å². The summed E-state index contributed by atoms with van der Waals surface area (Å²) in [5.74, 6) is -1.23. The van der Waals surface area contributed by atoms with Gasteiger partial charge in [-0.2, -0.15) is 0 Å². The SMILES string of the molecule is CCCN(C(=O)NC1CCCCC1C(=O)O)C(C)C. The second-order valence-corrected chi connectivity index (χ2v) is 5.57. The smallest absolute Gasteiger partial charge is 0.317 e. The van der Waals surface area contributed by atoms with Crippen molar-refractivity contribution in [3.05, 3.63) is 0 Å². The van der Waals surface area contributed by atoms with E-state index in [4.69, 9.17) is 0 Å². The summed E-state index contributed by atoms with van der Waals surface area (Å²) in [6.45, 7) is 6.69. The molecule has 110 valence electrons. The summed E-state index contributed by atoms with van der Waals surface area (Å²) in [5.41, 5.74) is 0. The number of carbonyl (C=O) groups excluding carboxylic acids is 1. The Bertz CT molecular complexity index is 318. The second-order valence-electron chi connectivity index (χ2n) is 5.57. The maximum Gasteiger partial charge on any atom is 0.317 e. The number of nitrogens with one attached hydrogen (secondary N) is 1. The fourth-order valence-corrected chi connectivity index (χ4v) is 2.68. The highest BCUT2D eigenvalue weighted by atomic mass is 16.4. The Hall–Kier alpha value is -1.26. The molecule has 2 amide bonds. The van der Waals surface area contributed by atoms with Crippen molar-refractivity contribution in [3.8, 4) is 0 Å². The summed E-state index contributed by atoms with van der Waals surface area (Å²) >= 11 is 0. The van der Waals surface area contributed by atoms with Crippen LogP contribution in [0.3, 0.4) is 0 Å². The van der Waals surface area contributed by atoms with E-state index < -0.39 is 11.9 Å². The molecule has 1 fully saturated rings. The number of aliphatic carboxylic acids is 1. The van der Waals surface area contributed by atoms with Gasteiger partial charge in [0.2, 0.25) is 0 Å². The third kappa shape index (κ3) is 4.40. The molecule has 5 nitrogen and oxygen atoms in total. The van der Waals surface area contributed by atoms with Crippen molar-refractivity contribution in [1.29, 1.82) is 0 Å². The topological polar surface area (TPSA) is 69.6 Å². The van der Waals surface area contributed by atoms with Crippen LogP contribution in [0.5, 0.6) is 0 Å². The van der Waals surface area contributed by atoms with E-state index >= 15 is 0 Å². The van der Waals surface area contributed by atoms with Crippen LogP contribution in [0.15, 0.2) is 0 Å². The van der Waals surface area contributed by atoms with Gasteiger partial charge in [0.15, 0.2) is 0 Å². The fourth-order valence-electron chi connectivity index (χ4n) is 2.68. The van der Waals surface area contributed by atoms with E-state index in [-0.39, 0.29) is 18.1 Å². The third-order valence-electron chi connectivity index (χ3n) is 3.74. The van der Waals surface area contributed by atoms with E-state index in [1.54, 1.807) is 4.90 Å². The van der Waals surface area contributed by atoms with Crippen molar-refractivity contribution < 1.29 is 14.7 Å². The molecule has 0 bridgehead atoms. The number of carbonyl (C=O) groups is 2. The Morgan fingerprint density at radius 2 is 1.95 bits per heavy atom. The first-order valence-electron chi connectivity index (χ1n) is 7.27. The molecule has 1 aliphatic rings. The molecule has 0 aliphatic heterocycles. The first kappa shape index (κ1) is 15.8. The van der Waals surface area contributed by atoms with Crippen molar-refractivity contribution >= 4 is 12.0 Å². The Kier molecular flexibility index (Phi) is 6.12. The van der Waals surface area contributed by atoms with Gasteiger partial charge in [-0.1, -0.05) is 19.8 Å². The third-order valence-corrected chi connectivity index (χ3v) is 3.74. The van der Waals surface area contributed by atoms with Crippen LogP contribution in [0, 0.1) is 5.92 Å². The molecule has 0 radical (unpaired) electrons. The molecule has 0 aromatic rings. The van der Waals surface area contributed by atoms with Gasteiger partial charge < -0.3 is 15.3 Å². The number of hydrogen-bond donors (Lipinski definition) is 2. The van der Waals surface area contributed by atoms with Gasteiger partial charge in [-0.3, -0.25) is 4.79 Å². The standard InChI is InChI=1S/C14H26N2O3/c1-4-9-16(10(2)3)14(19)15-12-8-6-5-7-11(12)13(17)18/h10-12H,4-9H2,1-3H3,(H,15,19)(H,17,18). The molecule has 0 aromatic carbocycles. The van der Waals surface area contributed by atoms with Crippen LogP contribution in [0.1, 0.15) is 52.9 Å². The molecule has 0 saturated heterocycles. The monoisotopic (exact) mass is 270 g/mol. The van der Waals surface area contributed by atoms with Crippen LogP contribution in [0.4, 0.5) is 4.79 Å². The minimum Gasteiger partial charge on any atom is -0.481 e. The van der Waals surface area contributed by atoms with Gasteiger partial charge in [0, 0.05) is 18.6 Å². The average Bonchev–Trinajstić information content (AvgIpc) is 2.35. The molecular weight excluding hydrogens is 244 g/mol. The minimum absolute atomic E-state index is 0.130. The van der Waals surface area contributed by atoms with Gasteiger partial charge in [0.25, 0.3) is 0 Å². The number of urea groups is 1. The lowest BCUT2D eigenvalue weighted by atomic mass is 9.84.